The van der Waals surface area contributed by atoms with E-state index in [0.717, 1.165) is 9.13 Å². The summed E-state index contributed by atoms with van der Waals surface area (Å²) in [6.45, 7) is 0. The standard InChI is InChI=1S/C35H22N4O7/c40-29(23-13-7-15-25(34(43)44)27(23)32(41)38-19-17-36-30(38)21-9-3-1-4-10-21)24-14-8-16-26(35(45)46)28(24)33(42)39-20-18-37-31(39)22-11-5-2-6-12-22/h1-20H,(H,43,44)(H,45,46). The van der Waals surface area contributed by atoms with Gasteiger partial charge >= 0.3 is 11.9 Å². The molecule has 0 unspecified atom stereocenters. The average molecular weight is 611 g/mol. The Bertz CT molecular complexity index is 2010. The average Bonchev–Trinajstić information content (AvgIpc) is 3.78. The number of nitrogens with zero attached hydrogens (tertiary/aromatic N) is 4. The second kappa shape index (κ2) is 12.1. The fourth-order valence-corrected chi connectivity index (χ4v) is 5.22. The molecule has 0 bridgehead atoms. The zero-order chi connectivity index (χ0) is 32.4. The molecule has 224 valence electrons. The zero-order valence-corrected chi connectivity index (χ0v) is 23.8. The van der Waals surface area contributed by atoms with E-state index in [1.54, 1.807) is 60.7 Å². The summed E-state index contributed by atoms with van der Waals surface area (Å²) >= 11 is 0. The summed E-state index contributed by atoms with van der Waals surface area (Å²) in [7, 11) is 0. The number of hydrogen-bond acceptors (Lipinski definition) is 7. The van der Waals surface area contributed by atoms with Crippen LogP contribution in [0.15, 0.2) is 122 Å². The number of imidazole rings is 2. The lowest BCUT2D eigenvalue weighted by atomic mass is 9.89. The van der Waals surface area contributed by atoms with E-state index in [1.807, 2.05) is 0 Å². The van der Waals surface area contributed by atoms with E-state index < -0.39 is 51.8 Å². The first-order valence-electron chi connectivity index (χ1n) is 13.8. The van der Waals surface area contributed by atoms with Crippen molar-refractivity contribution in [2.24, 2.45) is 0 Å². The van der Waals surface area contributed by atoms with E-state index >= 15 is 0 Å². The lowest BCUT2D eigenvalue weighted by Crippen LogP contribution is -2.24. The summed E-state index contributed by atoms with van der Waals surface area (Å²) in [6.07, 6.45) is 5.44. The van der Waals surface area contributed by atoms with Crippen LogP contribution in [-0.2, 0) is 0 Å². The smallest absolute Gasteiger partial charge is 0.336 e. The van der Waals surface area contributed by atoms with Gasteiger partial charge in [0.2, 0.25) is 0 Å². The number of carboxylic acid groups (broad SMARTS) is 2. The molecule has 11 heteroatoms. The first kappa shape index (κ1) is 29.3. The molecular weight excluding hydrogens is 588 g/mol. The number of ketones is 1. The highest BCUT2D eigenvalue weighted by atomic mass is 16.4. The summed E-state index contributed by atoms with van der Waals surface area (Å²) < 4.78 is 2.26. The molecule has 0 aliphatic carbocycles. The first-order valence-corrected chi connectivity index (χ1v) is 13.8. The third-order valence-electron chi connectivity index (χ3n) is 7.29. The number of carbonyl (C=O) groups is 5. The van der Waals surface area contributed by atoms with Crippen molar-refractivity contribution in [1.82, 2.24) is 19.1 Å². The van der Waals surface area contributed by atoms with Gasteiger partial charge in [0.1, 0.15) is 11.6 Å². The molecule has 46 heavy (non-hydrogen) atoms. The van der Waals surface area contributed by atoms with Gasteiger partial charge in [0.15, 0.2) is 5.78 Å². The summed E-state index contributed by atoms with van der Waals surface area (Å²) in [5, 5.41) is 20.1. The van der Waals surface area contributed by atoms with Crippen LogP contribution in [0.3, 0.4) is 0 Å². The summed E-state index contributed by atoms with van der Waals surface area (Å²) in [5.41, 5.74) is -1.40. The Kier molecular flexibility index (Phi) is 7.71. The maximum Gasteiger partial charge on any atom is 0.336 e. The van der Waals surface area contributed by atoms with Crippen LogP contribution in [0.1, 0.15) is 57.4 Å². The van der Waals surface area contributed by atoms with Crippen molar-refractivity contribution in [3.8, 4) is 22.8 Å². The Morgan fingerprint density at radius 1 is 0.478 bits per heavy atom. The molecule has 6 aromatic rings. The first-order chi connectivity index (χ1) is 22.3. The second-order valence-corrected chi connectivity index (χ2v) is 9.98. The predicted octanol–water partition coefficient (Wildman–Crippen LogP) is 5.42. The molecule has 0 saturated heterocycles. The molecule has 2 aromatic heterocycles. The van der Waals surface area contributed by atoms with Crippen LogP contribution in [0.25, 0.3) is 22.8 Å². The molecule has 0 aliphatic rings. The summed E-state index contributed by atoms with van der Waals surface area (Å²) in [4.78, 5) is 75.8. The number of aromatic carboxylic acids is 2. The molecular formula is C35H22N4O7. The van der Waals surface area contributed by atoms with E-state index in [0.29, 0.717) is 11.1 Å². The summed E-state index contributed by atoms with van der Waals surface area (Å²) in [6, 6.07) is 24.9. The van der Waals surface area contributed by atoms with E-state index in [9.17, 15) is 34.2 Å². The SMILES string of the molecule is O=C(O)c1cccc(C(=O)c2cccc(C(=O)O)c2C(=O)n2ccnc2-c2ccccc2)c1C(=O)n1ccnc1-c1ccccc1. The molecule has 2 heterocycles. The fourth-order valence-electron chi connectivity index (χ4n) is 5.22. The van der Waals surface area contributed by atoms with Crippen molar-refractivity contribution < 1.29 is 34.2 Å². The van der Waals surface area contributed by atoms with Crippen molar-refractivity contribution in [3.63, 3.8) is 0 Å². The Morgan fingerprint density at radius 2 is 0.848 bits per heavy atom. The largest absolute Gasteiger partial charge is 0.478 e. The third-order valence-corrected chi connectivity index (χ3v) is 7.29. The van der Waals surface area contributed by atoms with E-state index in [-0.39, 0.29) is 22.8 Å². The van der Waals surface area contributed by atoms with Crippen LogP contribution < -0.4 is 0 Å². The Hall–Kier alpha value is -6.75. The number of carboxylic acids is 2. The summed E-state index contributed by atoms with van der Waals surface area (Å²) in [5.74, 6) is -5.17. The van der Waals surface area contributed by atoms with E-state index in [1.165, 1.54) is 61.2 Å². The Morgan fingerprint density at radius 3 is 1.22 bits per heavy atom. The van der Waals surface area contributed by atoms with E-state index in [4.69, 9.17) is 0 Å². The van der Waals surface area contributed by atoms with Crippen molar-refractivity contribution in [3.05, 3.63) is 155 Å². The minimum absolute atomic E-state index is 0.210. The topological polar surface area (TPSA) is 161 Å². The lowest BCUT2D eigenvalue weighted by molar-refractivity contribution is 0.0682. The molecule has 11 nitrogen and oxygen atoms in total. The molecule has 0 aliphatic heterocycles. The van der Waals surface area contributed by atoms with Gasteiger partial charge in [-0.2, -0.15) is 0 Å². The van der Waals surface area contributed by atoms with Crippen LogP contribution in [0.4, 0.5) is 0 Å². The van der Waals surface area contributed by atoms with Crippen LogP contribution in [-0.4, -0.2) is 58.9 Å². The number of carbonyl (C=O) groups excluding carboxylic acids is 3. The molecule has 4 aromatic carbocycles. The fraction of sp³-hybridized carbons (Fsp3) is 0. The Balaban J connectivity index is 1.53. The zero-order valence-electron chi connectivity index (χ0n) is 23.8. The highest BCUT2D eigenvalue weighted by Crippen LogP contribution is 2.28. The van der Waals surface area contributed by atoms with Crippen LogP contribution >= 0.6 is 0 Å². The Labute approximate surface area is 260 Å². The van der Waals surface area contributed by atoms with E-state index in [2.05, 4.69) is 9.97 Å². The predicted molar refractivity (Wildman–Crippen MR) is 165 cm³/mol. The van der Waals surface area contributed by atoms with Crippen LogP contribution in [0.2, 0.25) is 0 Å². The maximum absolute atomic E-state index is 14.4. The molecule has 6 rings (SSSR count). The van der Waals surface area contributed by atoms with Gasteiger partial charge in [0.05, 0.1) is 22.3 Å². The third kappa shape index (κ3) is 5.18. The van der Waals surface area contributed by atoms with Gasteiger partial charge in [-0.15, -0.1) is 0 Å². The van der Waals surface area contributed by atoms with Crippen molar-refractivity contribution in [2.45, 2.75) is 0 Å². The normalized spacial score (nSPS) is 10.8. The maximum atomic E-state index is 14.4. The van der Waals surface area contributed by atoms with Crippen LogP contribution in [0.5, 0.6) is 0 Å². The molecule has 0 saturated carbocycles. The van der Waals surface area contributed by atoms with Crippen LogP contribution in [0, 0.1) is 0 Å². The minimum atomic E-state index is -1.47. The van der Waals surface area contributed by atoms with Gasteiger partial charge in [-0.05, 0) is 12.1 Å². The molecule has 2 N–H and O–H groups in total. The monoisotopic (exact) mass is 610 g/mol. The highest BCUT2D eigenvalue weighted by molar-refractivity contribution is 6.23. The number of rotatable bonds is 8. The minimum Gasteiger partial charge on any atom is -0.478 e. The van der Waals surface area contributed by atoms with Gasteiger partial charge in [-0.25, -0.2) is 19.6 Å². The second-order valence-electron chi connectivity index (χ2n) is 9.98. The number of aromatic nitrogens is 4. The van der Waals surface area contributed by atoms with Gasteiger partial charge in [0.25, 0.3) is 11.8 Å². The number of hydrogen-bond donors (Lipinski definition) is 2. The van der Waals surface area contributed by atoms with Gasteiger partial charge in [-0.1, -0.05) is 84.9 Å². The van der Waals surface area contributed by atoms with Gasteiger partial charge < -0.3 is 10.2 Å². The van der Waals surface area contributed by atoms with Crippen molar-refractivity contribution in [2.75, 3.05) is 0 Å². The van der Waals surface area contributed by atoms with Gasteiger partial charge in [-0.3, -0.25) is 23.5 Å². The number of benzene rings is 4. The highest BCUT2D eigenvalue weighted by Gasteiger charge is 2.32. The molecule has 0 atom stereocenters. The molecule has 0 spiro atoms. The molecule has 0 radical (unpaired) electrons. The van der Waals surface area contributed by atoms with Crippen molar-refractivity contribution in [1.29, 1.82) is 0 Å². The lowest BCUT2D eigenvalue weighted by Gasteiger charge is -2.16. The van der Waals surface area contributed by atoms with Crippen molar-refractivity contribution >= 4 is 29.5 Å². The molecule has 0 fully saturated rings. The quantitative estimate of drug-likeness (QED) is 0.214. The van der Waals surface area contributed by atoms with Gasteiger partial charge in [0, 0.05) is 47.0 Å². The molecule has 0 amide bonds.